The lowest BCUT2D eigenvalue weighted by molar-refractivity contribution is -0.136. The van der Waals surface area contributed by atoms with Crippen molar-refractivity contribution in [3.63, 3.8) is 0 Å². The Labute approximate surface area is 161 Å². The van der Waals surface area contributed by atoms with Gasteiger partial charge in [0.2, 0.25) is 0 Å². The van der Waals surface area contributed by atoms with Crippen LogP contribution in [-0.4, -0.2) is 39.3 Å². The van der Waals surface area contributed by atoms with Gasteiger partial charge in [-0.15, -0.1) is 0 Å². The van der Waals surface area contributed by atoms with Crippen LogP contribution in [0.3, 0.4) is 0 Å². The average molecular weight is 377 g/mol. The summed E-state index contributed by atoms with van der Waals surface area (Å²) in [7, 11) is 0. The van der Waals surface area contributed by atoms with Crippen LogP contribution in [0.15, 0.2) is 42.5 Å². The van der Waals surface area contributed by atoms with Crippen molar-refractivity contribution >= 4 is 27.8 Å². The number of H-pyrrole nitrogens is 2. The molecule has 0 fully saturated rings. The standard InChI is InChI=1S/C21H23N5O2/c22-6-1-7-23-12-14-3-5-17-15(8-14)11-19(24-17)21-16-4-2-13(10-20(27)28)9-18(16)25-26-21/h2-5,8-9,11,23-24H,1,6-7,10,12,22H2,(H,25,26)(H,27,28). The molecular formula is C21H23N5O2. The Bertz CT molecular complexity index is 1130. The summed E-state index contributed by atoms with van der Waals surface area (Å²) in [6.45, 7) is 2.42. The number of fused-ring (bicyclic) bond motifs is 2. The number of hydrogen-bond acceptors (Lipinski definition) is 4. The summed E-state index contributed by atoms with van der Waals surface area (Å²) in [5.74, 6) is -0.844. The molecule has 0 saturated heterocycles. The van der Waals surface area contributed by atoms with Gasteiger partial charge in [-0.2, -0.15) is 5.10 Å². The van der Waals surface area contributed by atoms with Gasteiger partial charge in [-0.05, 0) is 54.9 Å². The van der Waals surface area contributed by atoms with Gasteiger partial charge in [-0.25, -0.2) is 0 Å². The third kappa shape index (κ3) is 3.76. The van der Waals surface area contributed by atoms with Crippen molar-refractivity contribution in [2.24, 2.45) is 5.73 Å². The molecule has 6 N–H and O–H groups in total. The predicted octanol–water partition coefficient (Wildman–Crippen LogP) is 2.78. The van der Waals surface area contributed by atoms with Gasteiger partial charge in [-0.3, -0.25) is 9.89 Å². The summed E-state index contributed by atoms with van der Waals surface area (Å²) in [5, 5.41) is 21.9. The number of carboxylic acids is 1. The van der Waals surface area contributed by atoms with E-state index >= 15 is 0 Å². The fraction of sp³-hybridized carbons (Fsp3) is 0.238. The molecule has 7 nitrogen and oxygen atoms in total. The SMILES string of the molecule is NCCCNCc1ccc2[nH]c(-c3n[nH]c4cc(CC(=O)O)ccc34)cc2c1. The van der Waals surface area contributed by atoms with E-state index in [4.69, 9.17) is 10.8 Å². The topological polar surface area (TPSA) is 120 Å². The second-order valence-corrected chi connectivity index (χ2v) is 6.95. The average Bonchev–Trinajstić information content (AvgIpc) is 3.27. The minimum absolute atomic E-state index is 0.00122. The second-order valence-electron chi connectivity index (χ2n) is 6.95. The summed E-state index contributed by atoms with van der Waals surface area (Å²) in [6, 6.07) is 14.1. The van der Waals surface area contributed by atoms with Crippen molar-refractivity contribution < 1.29 is 9.90 Å². The van der Waals surface area contributed by atoms with Crippen molar-refractivity contribution in [1.82, 2.24) is 20.5 Å². The Morgan fingerprint density at radius 1 is 1.11 bits per heavy atom. The fourth-order valence-corrected chi connectivity index (χ4v) is 3.44. The minimum Gasteiger partial charge on any atom is -0.481 e. The normalized spacial score (nSPS) is 11.5. The Morgan fingerprint density at radius 3 is 2.79 bits per heavy atom. The maximum absolute atomic E-state index is 10.9. The summed E-state index contributed by atoms with van der Waals surface area (Å²) in [6.07, 6.45) is 0.968. The first-order chi connectivity index (χ1) is 13.6. The highest BCUT2D eigenvalue weighted by Crippen LogP contribution is 2.29. The predicted molar refractivity (Wildman–Crippen MR) is 110 cm³/mol. The molecule has 2 heterocycles. The number of hydrogen-bond donors (Lipinski definition) is 5. The second kappa shape index (κ2) is 7.84. The van der Waals surface area contributed by atoms with E-state index in [0.717, 1.165) is 58.3 Å². The molecular weight excluding hydrogens is 354 g/mol. The molecule has 0 amide bonds. The van der Waals surface area contributed by atoms with E-state index in [1.54, 1.807) is 0 Å². The first kappa shape index (κ1) is 18.2. The maximum Gasteiger partial charge on any atom is 0.307 e. The Hall–Kier alpha value is -3.16. The van der Waals surface area contributed by atoms with Gasteiger partial charge in [-0.1, -0.05) is 18.2 Å². The fourth-order valence-electron chi connectivity index (χ4n) is 3.44. The van der Waals surface area contributed by atoms with Crippen LogP contribution in [0.1, 0.15) is 17.5 Å². The van der Waals surface area contributed by atoms with Crippen LogP contribution in [0.5, 0.6) is 0 Å². The maximum atomic E-state index is 10.9. The zero-order valence-electron chi connectivity index (χ0n) is 15.5. The lowest BCUT2D eigenvalue weighted by Crippen LogP contribution is -2.17. The molecule has 0 atom stereocenters. The van der Waals surface area contributed by atoms with E-state index in [1.807, 2.05) is 18.2 Å². The van der Waals surface area contributed by atoms with Crippen molar-refractivity contribution in [1.29, 1.82) is 0 Å². The third-order valence-electron chi connectivity index (χ3n) is 4.81. The number of carboxylic acid groups (broad SMARTS) is 1. The van der Waals surface area contributed by atoms with Gasteiger partial charge >= 0.3 is 5.97 Å². The highest BCUT2D eigenvalue weighted by molar-refractivity contribution is 5.96. The first-order valence-electron chi connectivity index (χ1n) is 9.35. The van der Waals surface area contributed by atoms with Gasteiger partial charge in [0.15, 0.2) is 0 Å². The number of nitrogens with one attached hydrogen (secondary N) is 3. The Balaban J connectivity index is 1.61. The number of nitrogens with two attached hydrogens (primary N) is 1. The third-order valence-corrected chi connectivity index (χ3v) is 4.81. The van der Waals surface area contributed by atoms with Gasteiger partial charge in [0.05, 0.1) is 17.6 Å². The highest BCUT2D eigenvalue weighted by Gasteiger charge is 2.12. The summed E-state index contributed by atoms with van der Waals surface area (Å²) >= 11 is 0. The van der Waals surface area contributed by atoms with Gasteiger partial charge in [0, 0.05) is 22.8 Å². The van der Waals surface area contributed by atoms with Gasteiger partial charge in [0.1, 0.15) is 5.69 Å². The number of aromatic nitrogens is 3. The van der Waals surface area contributed by atoms with Crippen molar-refractivity contribution in [2.45, 2.75) is 19.4 Å². The molecule has 0 aliphatic carbocycles. The highest BCUT2D eigenvalue weighted by atomic mass is 16.4. The molecule has 0 aliphatic rings. The molecule has 2 aromatic carbocycles. The van der Waals surface area contributed by atoms with Crippen LogP contribution in [0.4, 0.5) is 0 Å². The Morgan fingerprint density at radius 2 is 1.96 bits per heavy atom. The summed E-state index contributed by atoms with van der Waals surface area (Å²) in [4.78, 5) is 14.3. The molecule has 4 aromatic rings. The van der Waals surface area contributed by atoms with Crippen molar-refractivity contribution in [3.05, 3.63) is 53.6 Å². The zero-order valence-corrected chi connectivity index (χ0v) is 15.5. The molecule has 2 aromatic heterocycles. The smallest absolute Gasteiger partial charge is 0.307 e. The van der Waals surface area contributed by atoms with E-state index in [-0.39, 0.29) is 6.42 Å². The number of benzene rings is 2. The summed E-state index contributed by atoms with van der Waals surface area (Å²) in [5.41, 5.74) is 11.1. The Kier molecular flexibility index (Phi) is 5.10. The molecule has 0 saturated carbocycles. The number of aliphatic carboxylic acids is 1. The molecule has 28 heavy (non-hydrogen) atoms. The van der Waals surface area contributed by atoms with Crippen LogP contribution < -0.4 is 11.1 Å². The van der Waals surface area contributed by atoms with Crippen LogP contribution in [0.2, 0.25) is 0 Å². The minimum atomic E-state index is -0.844. The quantitative estimate of drug-likeness (QED) is 0.302. The van der Waals surface area contributed by atoms with Crippen LogP contribution >= 0.6 is 0 Å². The molecule has 0 bridgehead atoms. The van der Waals surface area contributed by atoms with Crippen LogP contribution in [0.25, 0.3) is 33.2 Å². The lowest BCUT2D eigenvalue weighted by atomic mass is 10.1. The molecule has 0 aliphatic heterocycles. The van der Waals surface area contributed by atoms with Crippen molar-refractivity contribution in [2.75, 3.05) is 13.1 Å². The van der Waals surface area contributed by atoms with Gasteiger partial charge in [0.25, 0.3) is 0 Å². The lowest BCUT2D eigenvalue weighted by Gasteiger charge is -2.03. The molecule has 0 radical (unpaired) electrons. The van der Waals surface area contributed by atoms with Gasteiger partial charge < -0.3 is 21.1 Å². The van der Waals surface area contributed by atoms with Crippen LogP contribution in [-0.2, 0) is 17.8 Å². The molecule has 4 rings (SSSR count). The van der Waals surface area contributed by atoms with E-state index < -0.39 is 5.97 Å². The largest absolute Gasteiger partial charge is 0.481 e. The first-order valence-corrected chi connectivity index (χ1v) is 9.35. The van der Waals surface area contributed by atoms with Crippen LogP contribution in [0, 0.1) is 0 Å². The number of carbonyl (C=O) groups is 1. The van der Waals surface area contributed by atoms with Crippen molar-refractivity contribution in [3.8, 4) is 11.4 Å². The van der Waals surface area contributed by atoms with E-state index in [1.165, 1.54) is 5.56 Å². The number of rotatable bonds is 8. The molecule has 0 spiro atoms. The zero-order chi connectivity index (χ0) is 19.5. The summed E-state index contributed by atoms with van der Waals surface area (Å²) < 4.78 is 0. The monoisotopic (exact) mass is 377 g/mol. The van der Waals surface area contributed by atoms with E-state index in [0.29, 0.717) is 6.54 Å². The van der Waals surface area contributed by atoms with E-state index in [2.05, 4.69) is 44.8 Å². The number of nitrogens with zero attached hydrogens (tertiary/aromatic N) is 1. The molecule has 144 valence electrons. The molecule has 0 unspecified atom stereocenters. The van der Waals surface area contributed by atoms with E-state index in [9.17, 15) is 4.79 Å². The number of aromatic amines is 2. The molecule has 7 heteroatoms.